The Morgan fingerprint density at radius 1 is 1.27 bits per heavy atom. The van der Waals surface area contributed by atoms with Crippen molar-refractivity contribution in [1.29, 1.82) is 0 Å². The minimum atomic E-state index is -0.739. The van der Waals surface area contributed by atoms with Gasteiger partial charge in [0, 0.05) is 38.9 Å². The SMILES string of the molecule is COCC[C@@H](N)C1CCN(c2c(F)cc3c(=O)n(N)c(=O)n(C4CC4)c3c2OC)C1. The number of benzene rings is 1. The van der Waals surface area contributed by atoms with Gasteiger partial charge in [0.05, 0.1) is 12.5 Å². The van der Waals surface area contributed by atoms with Crippen LogP contribution in [0.1, 0.15) is 31.7 Å². The Morgan fingerprint density at radius 3 is 2.63 bits per heavy atom. The quantitative estimate of drug-likeness (QED) is 0.627. The lowest BCUT2D eigenvalue weighted by molar-refractivity contribution is 0.180. The monoisotopic (exact) mass is 421 g/mol. The van der Waals surface area contributed by atoms with Crippen LogP contribution in [0.15, 0.2) is 15.7 Å². The molecular weight excluding hydrogens is 393 g/mol. The van der Waals surface area contributed by atoms with Gasteiger partial charge in [0.15, 0.2) is 11.6 Å². The number of halogens is 1. The van der Waals surface area contributed by atoms with Crippen LogP contribution in [0.2, 0.25) is 0 Å². The lowest BCUT2D eigenvalue weighted by atomic mass is 9.97. The first kappa shape index (κ1) is 20.7. The molecule has 2 fully saturated rings. The van der Waals surface area contributed by atoms with Crippen LogP contribution in [-0.2, 0) is 4.74 Å². The Hall–Kier alpha value is -2.59. The van der Waals surface area contributed by atoms with Crippen molar-refractivity contribution < 1.29 is 13.9 Å². The summed E-state index contributed by atoms with van der Waals surface area (Å²) in [6.07, 6.45) is 3.13. The molecule has 2 atom stereocenters. The molecule has 0 bridgehead atoms. The van der Waals surface area contributed by atoms with Crippen molar-refractivity contribution >= 4 is 16.6 Å². The van der Waals surface area contributed by atoms with E-state index in [4.69, 9.17) is 21.1 Å². The van der Waals surface area contributed by atoms with Gasteiger partial charge >= 0.3 is 5.69 Å². The minimum Gasteiger partial charge on any atom is -0.492 e. The zero-order valence-electron chi connectivity index (χ0n) is 17.3. The number of ether oxygens (including phenoxy) is 2. The van der Waals surface area contributed by atoms with Gasteiger partial charge < -0.3 is 25.9 Å². The normalized spacial score (nSPS) is 20.1. The summed E-state index contributed by atoms with van der Waals surface area (Å²) < 4.78 is 28.0. The Kier molecular flexibility index (Phi) is 5.46. The number of nitrogens with two attached hydrogens (primary N) is 2. The number of methoxy groups -OCH3 is 2. The molecule has 1 aromatic carbocycles. The Balaban J connectivity index is 1.83. The molecule has 10 heteroatoms. The molecule has 2 aliphatic rings. The van der Waals surface area contributed by atoms with Gasteiger partial charge in [-0.25, -0.2) is 9.18 Å². The maximum atomic E-state index is 15.3. The summed E-state index contributed by atoms with van der Waals surface area (Å²) in [7, 11) is 3.06. The lowest BCUT2D eigenvalue weighted by Crippen LogP contribution is -2.44. The van der Waals surface area contributed by atoms with E-state index in [0.29, 0.717) is 29.9 Å². The van der Waals surface area contributed by atoms with Gasteiger partial charge in [-0.15, -0.1) is 0 Å². The number of anilines is 1. The summed E-state index contributed by atoms with van der Waals surface area (Å²) in [5.74, 6) is 5.48. The second-order valence-electron chi connectivity index (χ2n) is 8.14. The average molecular weight is 421 g/mol. The second kappa shape index (κ2) is 7.92. The van der Waals surface area contributed by atoms with Crippen molar-refractivity contribution in [2.75, 3.05) is 44.7 Å². The van der Waals surface area contributed by atoms with Crippen molar-refractivity contribution in [3.8, 4) is 5.75 Å². The van der Waals surface area contributed by atoms with E-state index in [2.05, 4.69) is 0 Å². The molecule has 2 heterocycles. The lowest BCUT2D eigenvalue weighted by Gasteiger charge is -2.25. The third kappa shape index (κ3) is 3.33. The third-order valence-corrected chi connectivity index (χ3v) is 6.20. The van der Waals surface area contributed by atoms with Gasteiger partial charge in [0.2, 0.25) is 0 Å². The van der Waals surface area contributed by atoms with Crippen LogP contribution >= 0.6 is 0 Å². The summed E-state index contributed by atoms with van der Waals surface area (Å²) in [5, 5.41) is 0.0367. The maximum absolute atomic E-state index is 15.3. The molecule has 4 rings (SSSR count). The zero-order chi connectivity index (χ0) is 21.6. The Morgan fingerprint density at radius 2 is 2.00 bits per heavy atom. The fourth-order valence-corrected chi connectivity index (χ4v) is 4.43. The van der Waals surface area contributed by atoms with Gasteiger partial charge in [-0.3, -0.25) is 9.36 Å². The highest BCUT2D eigenvalue weighted by molar-refractivity contribution is 5.91. The van der Waals surface area contributed by atoms with Crippen LogP contribution in [-0.4, -0.2) is 49.2 Å². The number of fused-ring (bicyclic) bond motifs is 1. The fourth-order valence-electron chi connectivity index (χ4n) is 4.43. The molecule has 1 unspecified atom stereocenters. The molecule has 30 heavy (non-hydrogen) atoms. The first-order chi connectivity index (χ1) is 14.4. The van der Waals surface area contributed by atoms with Crippen LogP contribution < -0.4 is 32.5 Å². The van der Waals surface area contributed by atoms with E-state index in [9.17, 15) is 9.59 Å². The molecule has 1 aromatic heterocycles. The molecule has 164 valence electrons. The first-order valence-electron chi connectivity index (χ1n) is 10.2. The fraction of sp³-hybridized carbons (Fsp3) is 0.600. The molecular formula is C20H28FN5O4. The molecule has 0 radical (unpaired) electrons. The largest absolute Gasteiger partial charge is 0.492 e. The summed E-state index contributed by atoms with van der Waals surface area (Å²) in [6, 6.07) is 1.03. The van der Waals surface area contributed by atoms with Crippen molar-refractivity contribution in [2.24, 2.45) is 11.7 Å². The number of nitrogen functional groups attached to an aromatic ring is 1. The summed E-state index contributed by atoms with van der Waals surface area (Å²) >= 11 is 0. The highest BCUT2D eigenvalue weighted by Crippen LogP contribution is 2.43. The van der Waals surface area contributed by atoms with Crippen LogP contribution in [0.25, 0.3) is 10.9 Å². The third-order valence-electron chi connectivity index (χ3n) is 6.20. The van der Waals surface area contributed by atoms with Gasteiger partial charge in [0.1, 0.15) is 11.2 Å². The molecule has 4 N–H and O–H groups in total. The predicted molar refractivity (Wildman–Crippen MR) is 112 cm³/mol. The number of hydrogen-bond acceptors (Lipinski definition) is 7. The van der Waals surface area contributed by atoms with Crippen molar-refractivity contribution in [1.82, 2.24) is 9.24 Å². The second-order valence-corrected chi connectivity index (χ2v) is 8.14. The molecule has 2 aromatic rings. The molecule has 0 spiro atoms. The predicted octanol–water partition coefficient (Wildman–Crippen LogP) is 0.550. The van der Waals surface area contributed by atoms with E-state index in [0.717, 1.165) is 31.7 Å². The number of rotatable bonds is 7. The van der Waals surface area contributed by atoms with Gasteiger partial charge in [-0.2, -0.15) is 4.68 Å². The first-order valence-corrected chi connectivity index (χ1v) is 10.2. The Labute approximate surface area is 172 Å². The summed E-state index contributed by atoms with van der Waals surface area (Å²) in [5.41, 5.74) is 5.50. The van der Waals surface area contributed by atoms with E-state index in [1.165, 1.54) is 11.7 Å². The average Bonchev–Trinajstić information content (AvgIpc) is 3.45. The minimum absolute atomic E-state index is 0.0367. The van der Waals surface area contributed by atoms with Crippen LogP contribution in [0.5, 0.6) is 5.75 Å². The molecule has 0 amide bonds. The van der Waals surface area contributed by atoms with E-state index in [-0.39, 0.29) is 34.8 Å². The standard InChI is InChI=1S/C20H28FN5O4/c1-29-8-6-15(22)11-5-7-24(10-11)17-14(21)9-13-16(18(17)30-2)25(12-3-4-12)20(28)26(23)19(13)27/h9,11-12,15H,3-8,10,22-23H2,1-2H3/t11?,15-/m1/s1. The van der Waals surface area contributed by atoms with E-state index >= 15 is 4.39 Å². The van der Waals surface area contributed by atoms with Crippen LogP contribution in [0.3, 0.4) is 0 Å². The molecule has 1 saturated heterocycles. The van der Waals surface area contributed by atoms with Crippen LogP contribution in [0.4, 0.5) is 10.1 Å². The number of hydrogen-bond donors (Lipinski definition) is 2. The number of aromatic nitrogens is 2. The van der Waals surface area contributed by atoms with Crippen LogP contribution in [0, 0.1) is 11.7 Å². The molecule has 1 aliphatic carbocycles. The van der Waals surface area contributed by atoms with Gasteiger partial charge in [0.25, 0.3) is 5.56 Å². The summed E-state index contributed by atoms with van der Waals surface area (Å²) in [4.78, 5) is 27.2. The molecule has 1 saturated carbocycles. The Bertz CT molecular complexity index is 1080. The smallest absolute Gasteiger partial charge is 0.350 e. The van der Waals surface area contributed by atoms with Crippen molar-refractivity contribution in [3.05, 3.63) is 32.7 Å². The topological polar surface area (TPSA) is 118 Å². The van der Waals surface area contributed by atoms with Gasteiger partial charge in [-0.05, 0) is 37.7 Å². The molecule has 9 nitrogen and oxygen atoms in total. The maximum Gasteiger partial charge on any atom is 0.350 e. The van der Waals surface area contributed by atoms with E-state index in [1.807, 2.05) is 4.90 Å². The number of nitrogens with zero attached hydrogens (tertiary/aromatic N) is 3. The highest BCUT2D eigenvalue weighted by Gasteiger charge is 2.35. The zero-order valence-corrected chi connectivity index (χ0v) is 17.3. The van der Waals surface area contributed by atoms with E-state index < -0.39 is 17.1 Å². The van der Waals surface area contributed by atoms with Crippen molar-refractivity contribution in [3.63, 3.8) is 0 Å². The highest BCUT2D eigenvalue weighted by atomic mass is 19.1. The summed E-state index contributed by atoms with van der Waals surface area (Å²) in [6.45, 7) is 1.74. The van der Waals surface area contributed by atoms with Gasteiger partial charge in [-0.1, -0.05) is 0 Å². The van der Waals surface area contributed by atoms with Crippen molar-refractivity contribution in [2.45, 2.75) is 37.8 Å². The molecule has 1 aliphatic heterocycles. The van der Waals surface area contributed by atoms with E-state index in [1.54, 1.807) is 7.11 Å².